The van der Waals surface area contributed by atoms with Crippen LogP contribution >= 0.6 is 0 Å². The molecule has 0 unspecified atom stereocenters. The Hall–Kier alpha value is -2.90. The normalized spacial score (nSPS) is 12.9. The SMILES string of the molecule is Cc1ccccc1C(=O)N[C@H](C(=O)O[C@@H](C)C(=O)NC(=O)NC(C)C)C(C)C. The van der Waals surface area contributed by atoms with E-state index in [-0.39, 0.29) is 12.0 Å². The Morgan fingerprint density at radius 2 is 1.54 bits per heavy atom. The maximum atomic E-state index is 12.5. The highest BCUT2D eigenvalue weighted by molar-refractivity contribution is 5.99. The summed E-state index contributed by atoms with van der Waals surface area (Å²) in [7, 11) is 0. The molecular weight excluding hydrogens is 362 g/mol. The van der Waals surface area contributed by atoms with Crippen LogP contribution in [-0.4, -0.2) is 42.0 Å². The van der Waals surface area contributed by atoms with Gasteiger partial charge in [-0.2, -0.15) is 0 Å². The third-order valence-electron chi connectivity index (χ3n) is 3.92. The fourth-order valence-electron chi connectivity index (χ4n) is 2.36. The van der Waals surface area contributed by atoms with Crippen molar-refractivity contribution in [2.45, 2.75) is 59.7 Å². The minimum absolute atomic E-state index is 0.146. The van der Waals surface area contributed by atoms with Crippen molar-refractivity contribution in [3.63, 3.8) is 0 Å². The number of amides is 4. The molecule has 0 bridgehead atoms. The first-order chi connectivity index (χ1) is 13.0. The summed E-state index contributed by atoms with van der Waals surface area (Å²) in [6.07, 6.45) is -1.19. The Morgan fingerprint density at radius 3 is 2.07 bits per heavy atom. The van der Waals surface area contributed by atoms with Crippen molar-refractivity contribution in [2.24, 2.45) is 5.92 Å². The minimum atomic E-state index is -1.19. The average molecular weight is 391 g/mol. The zero-order chi connectivity index (χ0) is 21.4. The number of hydrogen-bond donors (Lipinski definition) is 3. The van der Waals surface area contributed by atoms with E-state index in [1.807, 2.05) is 6.07 Å². The number of hydrogen-bond acceptors (Lipinski definition) is 5. The second kappa shape index (κ2) is 10.4. The Morgan fingerprint density at radius 1 is 0.929 bits per heavy atom. The maximum absolute atomic E-state index is 12.5. The van der Waals surface area contributed by atoms with Gasteiger partial charge in [0, 0.05) is 11.6 Å². The largest absolute Gasteiger partial charge is 0.451 e. The van der Waals surface area contributed by atoms with Gasteiger partial charge < -0.3 is 15.4 Å². The molecule has 0 heterocycles. The lowest BCUT2D eigenvalue weighted by molar-refractivity contribution is -0.157. The van der Waals surface area contributed by atoms with Crippen LogP contribution in [0.1, 0.15) is 50.5 Å². The molecule has 4 amide bonds. The zero-order valence-corrected chi connectivity index (χ0v) is 17.2. The molecule has 1 aromatic rings. The van der Waals surface area contributed by atoms with E-state index in [0.717, 1.165) is 5.56 Å². The number of imide groups is 1. The average Bonchev–Trinajstić information content (AvgIpc) is 2.58. The van der Waals surface area contributed by atoms with E-state index in [2.05, 4.69) is 16.0 Å². The monoisotopic (exact) mass is 391 g/mol. The van der Waals surface area contributed by atoms with Crippen LogP contribution in [-0.2, 0) is 14.3 Å². The first-order valence-electron chi connectivity index (χ1n) is 9.21. The number of carbonyl (C=O) groups is 4. The Bertz CT molecular complexity index is 730. The second-order valence-electron chi connectivity index (χ2n) is 7.21. The maximum Gasteiger partial charge on any atom is 0.329 e. The summed E-state index contributed by atoms with van der Waals surface area (Å²) < 4.78 is 5.16. The van der Waals surface area contributed by atoms with Crippen molar-refractivity contribution in [3.8, 4) is 0 Å². The van der Waals surface area contributed by atoms with Gasteiger partial charge in [-0.3, -0.25) is 14.9 Å². The molecule has 1 aromatic carbocycles. The molecule has 0 aliphatic heterocycles. The number of benzene rings is 1. The van der Waals surface area contributed by atoms with E-state index in [1.54, 1.807) is 52.8 Å². The molecular formula is C20H29N3O5. The molecule has 0 fully saturated rings. The molecule has 0 radical (unpaired) electrons. The molecule has 0 aromatic heterocycles. The van der Waals surface area contributed by atoms with Gasteiger partial charge in [-0.15, -0.1) is 0 Å². The molecule has 0 aliphatic carbocycles. The van der Waals surface area contributed by atoms with E-state index in [4.69, 9.17) is 4.74 Å². The highest BCUT2D eigenvalue weighted by atomic mass is 16.5. The molecule has 2 atom stereocenters. The van der Waals surface area contributed by atoms with Gasteiger partial charge in [-0.05, 0) is 45.2 Å². The van der Waals surface area contributed by atoms with Crippen LogP contribution in [0.3, 0.4) is 0 Å². The molecule has 28 heavy (non-hydrogen) atoms. The Labute approximate surface area is 165 Å². The number of aryl methyl sites for hydroxylation is 1. The molecule has 0 spiro atoms. The number of ether oxygens (including phenoxy) is 1. The molecule has 8 heteroatoms. The highest BCUT2D eigenvalue weighted by Gasteiger charge is 2.30. The standard InChI is InChI=1S/C20H29N3O5/c1-11(2)16(22-18(25)15-10-8-7-9-13(15)5)19(26)28-14(6)17(24)23-20(27)21-12(3)4/h7-12,14,16H,1-6H3,(H,22,25)(H2,21,23,24,27)/t14-,16-/m0/s1. The summed E-state index contributed by atoms with van der Waals surface area (Å²) in [4.78, 5) is 48.6. The smallest absolute Gasteiger partial charge is 0.329 e. The van der Waals surface area contributed by atoms with Crippen molar-refractivity contribution >= 4 is 23.8 Å². The summed E-state index contributed by atoms with van der Waals surface area (Å²) in [6, 6.07) is 5.26. The van der Waals surface area contributed by atoms with Gasteiger partial charge in [0.2, 0.25) is 0 Å². The Kier molecular flexibility index (Phi) is 8.63. The lowest BCUT2D eigenvalue weighted by atomic mass is 10.0. The molecule has 0 saturated heterocycles. The van der Waals surface area contributed by atoms with Crippen LogP contribution in [0.2, 0.25) is 0 Å². The first-order valence-corrected chi connectivity index (χ1v) is 9.21. The minimum Gasteiger partial charge on any atom is -0.451 e. The summed E-state index contributed by atoms with van der Waals surface area (Å²) in [5.74, 6) is -2.16. The van der Waals surface area contributed by atoms with Crippen LogP contribution in [0.25, 0.3) is 0 Å². The van der Waals surface area contributed by atoms with Crippen molar-refractivity contribution in [1.82, 2.24) is 16.0 Å². The number of carbonyl (C=O) groups excluding carboxylic acids is 4. The first kappa shape index (κ1) is 23.1. The lowest BCUT2D eigenvalue weighted by Gasteiger charge is -2.23. The number of nitrogens with one attached hydrogen (secondary N) is 3. The van der Waals surface area contributed by atoms with E-state index >= 15 is 0 Å². The predicted octanol–water partition coefficient (Wildman–Crippen LogP) is 1.92. The van der Waals surface area contributed by atoms with E-state index in [9.17, 15) is 19.2 Å². The van der Waals surface area contributed by atoms with Gasteiger partial charge in [0.1, 0.15) is 6.04 Å². The molecule has 1 rings (SSSR count). The van der Waals surface area contributed by atoms with E-state index in [0.29, 0.717) is 5.56 Å². The van der Waals surface area contributed by atoms with Crippen LogP contribution < -0.4 is 16.0 Å². The van der Waals surface area contributed by atoms with Crippen LogP contribution in [0, 0.1) is 12.8 Å². The third-order valence-corrected chi connectivity index (χ3v) is 3.92. The van der Waals surface area contributed by atoms with Crippen molar-refractivity contribution in [2.75, 3.05) is 0 Å². The van der Waals surface area contributed by atoms with Gasteiger partial charge in [-0.25, -0.2) is 9.59 Å². The van der Waals surface area contributed by atoms with Crippen LogP contribution in [0.15, 0.2) is 24.3 Å². The van der Waals surface area contributed by atoms with Gasteiger partial charge >= 0.3 is 12.0 Å². The van der Waals surface area contributed by atoms with Crippen LogP contribution in [0.4, 0.5) is 4.79 Å². The number of esters is 1. The Balaban J connectivity index is 2.74. The lowest BCUT2D eigenvalue weighted by Crippen LogP contribution is -2.50. The molecule has 8 nitrogen and oxygen atoms in total. The fourth-order valence-corrected chi connectivity index (χ4v) is 2.36. The fraction of sp³-hybridized carbons (Fsp3) is 0.500. The van der Waals surface area contributed by atoms with Gasteiger partial charge in [-0.1, -0.05) is 32.0 Å². The molecule has 0 saturated carbocycles. The third kappa shape index (κ3) is 7.02. The number of urea groups is 1. The predicted molar refractivity (Wildman–Crippen MR) is 105 cm³/mol. The molecule has 154 valence electrons. The highest BCUT2D eigenvalue weighted by Crippen LogP contribution is 2.11. The summed E-state index contributed by atoms with van der Waals surface area (Å²) in [5.41, 5.74) is 1.23. The molecule has 3 N–H and O–H groups in total. The van der Waals surface area contributed by atoms with Gasteiger partial charge in [0.05, 0.1) is 0 Å². The van der Waals surface area contributed by atoms with Crippen molar-refractivity contribution in [1.29, 1.82) is 0 Å². The van der Waals surface area contributed by atoms with Crippen molar-refractivity contribution < 1.29 is 23.9 Å². The quantitative estimate of drug-likeness (QED) is 0.615. The summed E-state index contributed by atoms with van der Waals surface area (Å²) in [6.45, 7) is 10.2. The van der Waals surface area contributed by atoms with E-state index < -0.39 is 36.0 Å². The number of rotatable bonds is 7. The second-order valence-corrected chi connectivity index (χ2v) is 7.21. The van der Waals surface area contributed by atoms with E-state index in [1.165, 1.54) is 6.92 Å². The van der Waals surface area contributed by atoms with Gasteiger partial charge in [0.15, 0.2) is 6.10 Å². The summed E-state index contributed by atoms with van der Waals surface area (Å²) in [5, 5.41) is 7.27. The summed E-state index contributed by atoms with van der Waals surface area (Å²) >= 11 is 0. The van der Waals surface area contributed by atoms with Crippen molar-refractivity contribution in [3.05, 3.63) is 35.4 Å². The van der Waals surface area contributed by atoms with Crippen LogP contribution in [0.5, 0.6) is 0 Å². The zero-order valence-electron chi connectivity index (χ0n) is 17.2. The topological polar surface area (TPSA) is 114 Å². The molecule has 0 aliphatic rings. The van der Waals surface area contributed by atoms with Gasteiger partial charge in [0.25, 0.3) is 11.8 Å².